The van der Waals surface area contributed by atoms with Gasteiger partial charge >= 0.3 is 6.18 Å². The minimum atomic E-state index is -4.52. The maximum absolute atomic E-state index is 13.0. The van der Waals surface area contributed by atoms with E-state index in [0.29, 0.717) is 25.4 Å². The Bertz CT molecular complexity index is 686. The van der Waals surface area contributed by atoms with Crippen LogP contribution in [0, 0.1) is 6.92 Å². The molecule has 2 aromatic rings. The van der Waals surface area contributed by atoms with Crippen LogP contribution in [0.1, 0.15) is 18.2 Å². The summed E-state index contributed by atoms with van der Waals surface area (Å²) < 4.78 is 45.6. The molecule has 0 fully saturated rings. The van der Waals surface area contributed by atoms with Crippen LogP contribution in [-0.4, -0.2) is 40.0 Å². The van der Waals surface area contributed by atoms with Crippen LogP contribution in [0.5, 0.6) is 0 Å². The molecule has 0 radical (unpaired) electrons. The number of methoxy groups -OCH3 is 1. The van der Waals surface area contributed by atoms with Crippen LogP contribution in [0.25, 0.3) is 0 Å². The van der Waals surface area contributed by atoms with Gasteiger partial charge in [0.15, 0.2) is 0 Å². The van der Waals surface area contributed by atoms with Crippen molar-refractivity contribution in [2.75, 3.05) is 30.9 Å². The first kappa shape index (κ1) is 18.0. The molecular weight excluding hydrogens is 325 g/mol. The number of halogens is 3. The van der Waals surface area contributed by atoms with Gasteiger partial charge < -0.3 is 15.4 Å². The highest BCUT2D eigenvalue weighted by molar-refractivity contribution is 5.58. The van der Waals surface area contributed by atoms with Gasteiger partial charge in [0.25, 0.3) is 0 Å². The van der Waals surface area contributed by atoms with E-state index in [1.807, 2.05) is 6.92 Å². The second-order valence-electron chi connectivity index (χ2n) is 4.97. The predicted octanol–water partition coefficient (Wildman–Crippen LogP) is 2.82. The van der Waals surface area contributed by atoms with E-state index < -0.39 is 11.7 Å². The van der Waals surface area contributed by atoms with Gasteiger partial charge in [0.05, 0.1) is 30.7 Å². The first-order valence-corrected chi connectivity index (χ1v) is 7.33. The van der Waals surface area contributed by atoms with Crippen molar-refractivity contribution in [2.45, 2.75) is 26.6 Å². The average molecular weight is 344 g/mol. The summed E-state index contributed by atoms with van der Waals surface area (Å²) in [5.41, 5.74) is 0.524. The lowest BCUT2D eigenvalue weighted by atomic mass is 10.3. The number of nitrogens with one attached hydrogen (secondary N) is 2. The van der Waals surface area contributed by atoms with Crippen molar-refractivity contribution in [1.82, 2.24) is 19.7 Å². The van der Waals surface area contributed by atoms with E-state index in [9.17, 15) is 13.2 Å². The van der Waals surface area contributed by atoms with Crippen molar-refractivity contribution in [2.24, 2.45) is 0 Å². The number of nitrogens with zero attached hydrogens (tertiary/aromatic N) is 4. The number of anilines is 3. The molecule has 0 amide bonds. The molecule has 0 saturated heterocycles. The Hall–Kier alpha value is -2.36. The minimum Gasteiger partial charge on any atom is -0.383 e. The number of hydrogen-bond donors (Lipinski definition) is 2. The largest absolute Gasteiger partial charge is 0.421 e. The van der Waals surface area contributed by atoms with Gasteiger partial charge in [-0.25, -0.2) is 4.98 Å². The molecule has 0 unspecified atom stereocenters. The molecule has 7 nitrogen and oxygen atoms in total. The number of rotatable bonds is 7. The zero-order chi connectivity index (χ0) is 17.7. The van der Waals surface area contributed by atoms with E-state index >= 15 is 0 Å². The fourth-order valence-electron chi connectivity index (χ4n) is 2.04. The second-order valence-corrected chi connectivity index (χ2v) is 4.97. The Kier molecular flexibility index (Phi) is 5.60. The molecule has 0 aliphatic carbocycles. The monoisotopic (exact) mass is 344 g/mol. The molecule has 24 heavy (non-hydrogen) atoms. The lowest BCUT2D eigenvalue weighted by Gasteiger charge is -2.13. The summed E-state index contributed by atoms with van der Waals surface area (Å²) in [6, 6.07) is 0. The van der Waals surface area contributed by atoms with E-state index in [4.69, 9.17) is 4.74 Å². The topological polar surface area (TPSA) is 76.9 Å². The van der Waals surface area contributed by atoms with Crippen molar-refractivity contribution in [3.8, 4) is 0 Å². The third-order valence-corrected chi connectivity index (χ3v) is 3.30. The van der Waals surface area contributed by atoms with E-state index in [-0.39, 0.29) is 11.8 Å². The lowest BCUT2D eigenvalue weighted by molar-refractivity contribution is -0.137. The van der Waals surface area contributed by atoms with Gasteiger partial charge in [-0.3, -0.25) is 4.68 Å². The zero-order valence-electron chi connectivity index (χ0n) is 13.6. The van der Waals surface area contributed by atoms with Gasteiger partial charge in [-0.1, -0.05) is 0 Å². The third kappa shape index (κ3) is 4.13. The number of hydrogen-bond acceptors (Lipinski definition) is 6. The summed E-state index contributed by atoms with van der Waals surface area (Å²) in [6.07, 6.45) is -2.19. The standard InChI is InChI=1S/C14H19F3N6O/c1-4-18-12-10(14(15,16)17)7-19-13(22-12)21-11-8-20-23(9(11)2)5-6-24-3/h7-8H,4-6H2,1-3H3,(H2,18,19,21,22). The van der Waals surface area contributed by atoms with Gasteiger partial charge in [-0.05, 0) is 13.8 Å². The Morgan fingerprint density at radius 2 is 2.04 bits per heavy atom. The van der Waals surface area contributed by atoms with E-state index in [1.165, 1.54) is 0 Å². The summed E-state index contributed by atoms with van der Waals surface area (Å²) >= 11 is 0. The quantitative estimate of drug-likeness (QED) is 0.804. The van der Waals surface area contributed by atoms with Gasteiger partial charge in [0, 0.05) is 19.9 Å². The SMILES string of the molecule is CCNc1nc(Nc2cnn(CCOC)c2C)ncc1C(F)(F)F. The smallest absolute Gasteiger partial charge is 0.383 e. The molecule has 2 rings (SSSR count). The van der Waals surface area contributed by atoms with Crippen molar-refractivity contribution < 1.29 is 17.9 Å². The molecule has 132 valence electrons. The molecule has 0 saturated carbocycles. The number of ether oxygens (including phenoxy) is 1. The molecule has 0 aliphatic rings. The number of aromatic nitrogens is 4. The fourth-order valence-corrected chi connectivity index (χ4v) is 2.04. The normalized spacial score (nSPS) is 11.6. The van der Waals surface area contributed by atoms with E-state index in [2.05, 4.69) is 25.7 Å². The highest BCUT2D eigenvalue weighted by Gasteiger charge is 2.35. The predicted molar refractivity (Wildman–Crippen MR) is 83.3 cm³/mol. The van der Waals surface area contributed by atoms with Crippen molar-refractivity contribution >= 4 is 17.5 Å². The molecule has 0 aromatic carbocycles. The van der Waals surface area contributed by atoms with Crippen LogP contribution < -0.4 is 10.6 Å². The number of alkyl halides is 3. The summed E-state index contributed by atoms with van der Waals surface area (Å²) in [7, 11) is 1.59. The molecule has 10 heteroatoms. The first-order valence-electron chi connectivity index (χ1n) is 7.33. The summed E-state index contributed by atoms with van der Waals surface area (Å²) in [5, 5.41) is 9.69. The summed E-state index contributed by atoms with van der Waals surface area (Å²) in [6.45, 7) is 4.91. The summed E-state index contributed by atoms with van der Waals surface area (Å²) in [5.74, 6) is -0.194. The highest BCUT2D eigenvalue weighted by atomic mass is 19.4. The molecule has 2 heterocycles. The van der Waals surface area contributed by atoms with Crippen LogP contribution in [0.2, 0.25) is 0 Å². The molecule has 0 atom stereocenters. The third-order valence-electron chi connectivity index (χ3n) is 3.30. The molecular formula is C14H19F3N6O. The average Bonchev–Trinajstić information content (AvgIpc) is 2.85. The fraction of sp³-hybridized carbons (Fsp3) is 0.500. The van der Waals surface area contributed by atoms with Crippen LogP contribution in [0.15, 0.2) is 12.4 Å². The van der Waals surface area contributed by atoms with Crippen molar-refractivity contribution in [3.05, 3.63) is 23.7 Å². The zero-order valence-corrected chi connectivity index (χ0v) is 13.6. The summed E-state index contributed by atoms with van der Waals surface area (Å²) in [4.78, 5) is 7.67. The molecule has 0 aliphatic heterocycles. The minimum absolute atomic E-state index is 0.0633. The Morgan fingerprint density at radius 1 is 1.29 bits per heavy atom. The van der Waals surface area contributed by atoms with Gasteiger partial charge in [-0.15, -0.1) is 0 Å². The van der Waals surface area contributed by atoms with Crippen LogP contribution in [-0.2, 0) is 17.5 Å². The maximum atomic E-state index is 13.0. The van der Waals surface area contributed by atoms with Crippen LogP contribution in [0.3, 0.4) is 0 Å². The van der Waals surface area contributed by atoms with Crippen LogP contribution >= 0.6 is 0 Å². The van der Waals surface area contributed by atoms with Gasteiger partial charge in [-0.2, -0.15) is 23.3 Å². The molecule has 2 aromatic heterocycles. The molecule has 0 bridgehead atoms. The Labute approximate surface area is 137 Å². The highest BCUT2D eigenvalue weighted by Crippen LogP contribution is 2.34. The van der Waals surface area contributed by atoms with Crippen molar-refractivity contribution in [3.63, 3.8) is 0 Å². The molecule has 2 N–H and O–H groups in total. The van der Waals surface area contributed by atoms with Crippen molar-refractivity contribution in [1.29, 1.82) is 0 Å². The Balaban J connectivity index is 2.24. The van der Waals surface area contributed by atoms with Crippen LogP contribution in [0.4, 0.5) is 30.6 Å². The Morgan fingerprint density at radius 3 is 2.67 bits per heavy atom. The second kappa shape index (κ2) is 7.47. The van der Waals surface area contributed by atoms with Gasteiger partial charge in [0.1, 0.15) is 11.4 Å². The first-order chi connectivity index (χ1) is 11.4. The lowest BCUT2D eigenvalue weighted by Crippen LogP contribution is -2.14. The van der Waals surface area contributed by atoms with E-state index in [0.717, 1.165) is 11.9 Å². The molecule has 0 spiro atoms. The maximum Gasteiger partial charge on any atom is 0.421 e. The van der Waals surface area contributed by atoms with E-state index in [1.54, 1.807) is 24.9 Å². The van der Waals surface area contributed by atoms with Gasteiger partial charge in [0.2, 0.25) is 5.95 Å².